The number of aromatic nitrogens is 2. The molecule has 0 bridgehead atoms. The van der Waals surface area contributed by atoms with Gasteiger partial charge in [0.25, 0.3) is 5.91 Å². The molecule has 0 saturated carbocycles. The highest BCUT2D eigenvalue weighted by molar-refractivity contribution is 5.94. The van der Waals surface area contributed by atoms with E-state index in [0.29, 0.717) is 18.0 Å². The number of nitrogens with one attached hydrogen (secondary N) is 1. The lowest BCUT2D eigenvalue weighted by atomic mass is 10.0. The first-order chi connectivity index (χ1) is 12.1. The summed E-state index contributed by atoms with van der Waals surface area (Å²) in [6.45, 7) is 4.94. The molecule has 3 rings (SSSR count). The van der Waals surface area contributed by atoms with Crippen LogP contribution in [0.2, 0.25) is 0 Å². The Kier molecular flexibility index (Phi) is 5.29. The molecule has 25 heavy (non-hydrogen) atoms. The van der Waals surface area contributed by atoms with E-state index in [1.807, 2.05) is 53.2 Å². The lowest BCUT2D eigenvalue weighted by molar-refractivity contribution is 0.0920. The lowest BCUT2D eigenvalue weighted by Gasteiger charge is -2.23. The Morgan fingerprint density at radius 3 is 2.32 bits per heavy atom. The first-order valence-corrected chi connectivity index (χ1v) is 8.55. The minimum Gasteiger partial charge on any atom is -0.347 e. The fourth-order valence-corrected chi connectivity index (χ4v) is 2.74. The number of benzene rings is 2. The Balaban J connectivity index is 1.69. The summed E-state index contributed by atoms with van der Waals surface area (Å²) in [5.74, 6) is 0.286. The minimum absolute atomic E-state index is 0.0431. The van der Waals surface area contributed by atoms with Gasteiger partial charge in [-0.25, -0.2) is 4.98 Å². The second kappa shape index (κ2) is 7.79. The van der Waals surface area contributed by atoms with Crippen molar-refractivity contribution in [1.29, 1.82) is 0 Å². The van der Waals surface area contributed by atoms with E-state index >= 15 is 0 Å². The average molecular weight is 333 g/mol. The van der Waals surface area contributed by atoms with Crippen LogP contribution in [-0.2, 0) is 6.54 Å². The zero-order valence-electron chi connectivity index (χ0n) is 14.6. The van der Waals surface area contributed by atoms with Crippen molar-refractivity contribution in [2.75, 3.05) is 0 Å². The van der Waals surface area contributed by atoms with Gasteiger partial charge in [0.15, 0.2) is 0 Å². The van der Waals surface area contributed by atoms with Gasteiger partial charge in [0.05, 0.1) is 6.33 Å². The molecule has 0 fully saturated rings. The summed E-state index contributed by atoms with van der Waals surface area (Å²) < 4.78 is 1.99. The molecule has 0 saturated heterocycles. The van der Waals surface area contributed by atoms with E-state index in [2.05, 4.69) is 36.3 Å². The SMILES string of the molecule is CC(C)[C@H](Cn1ccnc1)NC(=O)c1ccc(-c2ccccc2)cc1. The van der Waals surface area contributed by atoms with E-state index < -0.39 is 0 Å². The minimum atomic E-state index is -0.0431. The molecule has 1 heterocycles. The van der Waals surface area contributed by atoms with Gasteiger partial charge in [0.2, 0.25) is 0 Å². The van der Waals surface area contributed by atoms with Gasteiger partial charge >= 0.3 is 0 Å². The van der Waals surface area contributed by atoms with Crippen molar-refractivity contribution < 1.29 is 4.79 Å². The van der Waals surface area contributed by atoms with Gasteiger partial charge in [-0.3, -0.25) is 4.79 Å². The van der Waals surface area contributed by atoms with Gasteiger partial charge in [-0.2, -0.15) is 0 Å². The molecule has 128 valence electrons. The third-order valence-electron chi connectivity index (χ3n) is 4.34. The number of hydrogen-bond donors (Lipinski definition) is 1. The molecule has 0 aliphatic rings. The van der Waals surface area contributed by atoms with Gasteiger partial charge in [-0.15, -0.1) is 0 Å². The standard InChI is InChI=1S/C21H23N3O/c1-16(2)20(14-24-13-12-22-15-24)23-21(25)19-10-8-18(9-11-19)17-6-4-3-5-7-17/h3-13,15-16,20H,14H2,1-2H3,(H,23,25)/t20-/m0/s1. The summed E-state index contributed by atoms with van der Waals surface area (Å²) in [6, 6.07) is 17.9. The van der Waals surface area contributed by atoms with Crippen molar-refractivity contribution in [3.8, 4) is 11.1 Å². The fraction of sp³-hybridized carbons (Fsp3) is 0.238. The molecule has 0 unspecified atom stereocenters. The van der Waals surface area contributed by atoms with Crippen molar-refractivity contribution in [3.05, 3.63) is 78.9 Å². The molecule has 2 aromatic carbocycles. The number of amides is 1. The normalized spacial score (nSPS) is 12.1. The number of carbonyl (C=O) groups excluding carboxylic acids is 1. The fourth-order valence-electron chi connectivity index (χ4n) is 2.74. The van der Waals surface area contributed by atoms with E-state index in [1.54, 1.807) is 12.5 Å². The molecule has 1 aromatic heterocycles. The molecule has 1 amide bonds. The van der Waals surface area contributed by atoms with E-state index in [-0.39, 0.29) is 11.9 Å². The highest BCUT2D eigenvalue weighted by Crippen LogP contribution is 2.19. The number of hydrogen-bond acceptors (Lipinski definition) is 2. The molecule has 4 heteroatoms. The third kappa shape index (κ3) is 4.35. The van der Waals surface area contributed by atoms with Crippen LogP contribution in [0.3, 0.4) is 0 Å². The Labute approximate surface area is 148 Å². The monoisotopic (exact) mass is 333 g/mol. The molecule has 0 aliphatic carbocycles. The Hall–Kier alpha value is -2.88. The van der Waals surface area contributed by atoms with Crippen molar-refractivity contribution in [1.82, 2.24) is 14.9 Å². The van der Waals surface area contributed by atoms with Crippen LogP contribution in [0.5, 0.6) is 0 Å². The second-order valence-electron chi connectivity index (χ2n) is 6.53. The summed E-state index contributed by atoms with van der Waals surface area (Å²) in [4.78, 5) is 16.7. The summed E-state index contributed by atoms with van der Waals surface area (Å²) in [6.07, 6.45) is 5.44. The first kappa shape index (κ1) is 17.0. The predicted octanol–water partition coefficient (Wildman–Crippen LogP) is 4.00. The van der Waals surface area contributed by atoms with Crippen LogP contribution in [0.25, 0.3) is 11.1 Å². The van der Waals surface area contributed by atoms with E-state index in [4.69, 9.17) is 0 Å². The molecular formula is C21H23N3O. The van der Waals surface area contributed by atoms with Crippen LogP contribution < -0.4 is 5.32 Å². The summed E-state index contributed by atoms with van der Waals surface area (Å²) in [7, 11) is 0. The third-order valence-corrected chi connectivity index (χ3v) is 4.34. The van der Waals surface area contributed by atoms with Crippen molar-refractivity contribution >= 4 is 5.91 Å². The maximum Gasteiger partial charge on any atom is 0.251 e. The van der Waals surface area contributed by atoms with Crippen LogP contribution in [0, 0.1) is 5.92 Å². The first-order valence-electron chi connectivity index (χ1n) is 8.55. The predicted molar refractivity (Wildman–Crippen MR) is 100 cm³/mol. The number of rotatable bonds is 6. The molecule has 0 radical (unpaired) electrons. The van der Waals surface area contributed by atoms with Gasteiger partial charge < -0.3 is 9.88 Å². The zero-order valence-corrected chi connectivity index (χ0v) is 14.6. The van der Waals surface area contributed by atoms with Crippen LogP contribution in [0.1, 0.15) is 24.2 Å². The molecular weight excluding hydrogens is 310 g/mol. The van der Waals surface area contributed by atoms with Crippen LogP contribution >= 0.6 is 0 Å². The Morgan fingerprint density at radius 2 is 1.72 bits per heavy atom. The lowest BCUT2D eigenvalue weighted by Crippen LogP contribution is -2.41. The number of nitrogens with zero attached hydrogens (tertiary/aromatic N) is 2. The van der Waals surface area contributed by atoms with Crippen molar-refractivity contribution in [2.45, 2.75) is 26.4 Å². The largest absolute Gasteiger partial charge is 0.347 e. The smallest absolute Gasteiger partial charge is 0.251 e. The van der Waals surface area contributed by atoms with Crippen LogP contribution in [0.15, 0.2) is 73.3 Å². The second-order valence-corrected chi connectivity index (χ2v) is 6.53. The topological polar surface area (TPSA) is 46.9 Å². The quantitative estimate of drug-likeness (QED) is 0.741. The summed E-state index contributed by atoms with van der Waals surface area (Å²) in [5.41, 5.74) is 2.93. The molecule has 1 atom stereocenters. The van der Waals surface area contributed by atoms with Gasteiger partial charge in [-0.1, -0.05) is 56.3 Å². The van der Waals surface area contributed by atoms with Gasteiger partial charge in [0.1, 0.15) is 0 Å². The zero-order chi connectivity index (χ0) is 17.6. The maximum absolute atomic E-state index is 12.6. The van der Waals surface area contributed by atoms with E-state index in [9.17, 15) is 4.79 Å². The number of carbonyl (C=O) groups is 1. The Bertz CT molecular complexity index is 793. The molecule has 0 aliphatic heterocycles. The Morgan fingerprint density at radius 1 is 1.04 bits per heavy atom. The molecule has 4 nitrogen and oxygen atoms in total. The van der Waals surface area contributed by atoms with Crippen LogP contribution in [-0.4, -0.2) is 21.5 Å². The molecule has 0 spiro atoms. The number of imidazole rings is 1. The summed E-state index contributed by atoms with van der Waals surface area (Å²) >= 11 is 0. The van der Waals surface area contributed by atoms with Gasteiger partial charge in [-0.05, 0) is 29.2 Å². The molecule has 3 aromatic rings. The van der Waals surface area contributed by atoms with Crippen molar-refractivity contribution in [2.24, 2.45) is 5.92 Å². The van der Waals surface area contributed by atoms with Gasteiger partial charge in [0, 0.05) is 30.5 Å². The van der Waals surface area contributed by atoms with Crippen LogP contribution in [0.4, 0.5) is 0 Å². The summed E-state index contributed by atoms with van der Waals surface area (Å²) in [5, 5.41) is 3.14. The van der Waals surface area contributed by atoms with Crippen molar-refractivity contribution in [3.63, 3.8) is 0 Å². The highest BCUT2D eigenvalue weighted by atomic mass is 16.1. The highest BCUT2D eigenvalue weighted by Gasteiger charge is 2.17. The van der Waals surface area contributed by atoms with E-state index in [1.165, 1.54) is 0 Å². The molecule has 1 N–H and O–H groups in total. The maximum atomic E-state index is 12.6. The van der Waals surface area contributed by atoms with E-state index in [0.717, 1.165) is 11.1 Å². The average Bonchev–Trinajstić information content (AvgIpc) is 3.15.